The van der Waals surface area contributed by atoms with Crippen LogP contribution in [0.5, 0.6) is 5.75 Å². The van der Waals surface area contributed by atoms with E-state index in [0.717, 1.165) is 24.2 Å². The molecule has 0 aromatic heterocycles. The van der Waals surface area contributed by atoms with Crippen LogP contribution in [-0.4, -0.2) is 24.9 Å². The van der Waals surface area contributed by atoms with Crippen LogP contribution < -0.4 is 10.1 Å². The summed E-state index contributed by atoms with van der Waals surface area (Å²) in [6, 6.07) is 7.85. The van der Waals surface area contributed by atoms with Crippen molar-refractivity contribution < 1.29 is 9.84 Å². The molecule has 0 saturated carbocycles. The van der Waals surface area contributed by atoms with Gasteiger partial charge in [0.1, 0.15) is 5.75 Å². The Morgan fingerprint density at radius 2 is 2.28 bits per heavy atom. The number of rotatable bonds is 7. The minimum absolute atomic E-state index is 0.221. The van der Waals surface area contributed by atoms with Crippen LogP contribution in [0, 0.1) is 11.3 Å². The molecule has 0 saturated heterocycles. The lowest BCUT2D eigenvalue weighted by Crippen LogP contribution is -2.25. The third kappa shape index (κ3) is 4.36. The molecule has 0 spiro atoms. The number of nitrogens with one attached hydrogen (secondary N) is 1. The number of nitrogens with zero attached hydrogens (tertiary/aromatic N) is 1. The van der Waals surface area contributed by atoms with Crippen molar-refractivity contribution >= 4 is 0 Å². The fourth-order valence-electron chi connectivity index (χ4n) is 1.77. The van der Waals surface area contributed by atoms with Gasteiger partial charge in [0.05, 0.1) is 18.7 Å². The number of hydrogen-bond donors (Lipinski definition) is 2. The monoisotopic (exact) mass is 248 g/mol. The molecule has 2 N–H and O–H groups in total. The maximum Gasteiger partial charge on any atom is 0.123 e. The molecule has 0 aliphatic carbocycles. The summed E-state index contributed by atoms with van der Waals surface area (Å²) in [6.45, 7) is 2.96. The molecule has 1 aromatic rings. The van der Waals surface area contributed by atoms with Crippen molar-refractivity contribution in [3.05, 3.63) is 29.3 Å². The van der Waals surface area contributed by atoms with Crippen molar-refractivity contribution in [2.45, 2.75) is 32.4 Å². The summed E-state index contributed by atoms with van der Waals surface area (Å²) in [7, 11) is 1.63. The Labute approximate surface area is 108 Å². The lowest BCUT2D eigenvalue weighted by molar-refractivity contribution is 0.276. The van der Waals surface area contributed by atoms with Gasteiger partial charge in [-0.15, -0.1) is 0 Å². The van der Waals surface area contributed by atoms with Crippen molar-refractivity contribution in [3.8, 4) is 11.8 Å². The summed E-state index contributed by atoms with van der Waals surface area (Å²) >= 11 is 0. The van der Waals surface area contributed by atoms with Gasteiger partial charge in [-0.2, -0.15) is 5.26 Å². The number of hydrogen-bond acceptors (Lipinski definition) is 4. The van der Waals surface area contributed by atoms with Gasteiger partial charge in [-0.25, -0.2) is 0 Å². The zero-order valence-corrected chi connectivity index (χ0v) is 10.9. The van der Waals surface area contributed by atoms with E-state index in [1.54, 1.807) is 13.2 Å². The Bertz CT molecular complexity index is 413. The molecule has 0 amide bonds. The minimum Gasteiger partial charge on any atom is -0.496 e. The molecule has 1 atom stereocenters. The summed E-state index contributed by atoms with van der Waals surface area (Å²) in [6.07, 6.45) is 1.72. The van der Waals surface area contributed by atoms with E-state index in [9.17, 15) is 0 Å². The number of methoxy groups -OCH3 is 1. The first-order valence-electron chi connectivity index (χ1n) is 6.12. The second-order valence-electron chi connectivity index (χ2n) is 4.29. The minimum atomic E-state index is 0.221. The molecule has 0 aliphatic rings. The average molecular weight is 248 g/mol. The van der Waals surface area contributed by atoms with Crippen molar-refractivity contribution in [2.75, 3.05) is 13.7 Å². The smallest absolute Gasteiger partial charge is 0.123 e. The summed E-state index contributed by atoms with van der Waals surface area (Å²) in [5.41, 5.74) is 1.61. The Morgan fingerprint density at radius 3 is 2.89 bits per heavy atom. The highest BCUT2D eigenvalue weighted by molar-refractivity contribution is 5.41. The first kappa shape index (κ1) is 14.5. The standard InChI is InChI=1S/C14H20N2O2/c1-11(4-3-7-17)16-10-13-8-12(9-15)5-6-14(13)18-2/h5-6,8,11,16-17H,3-4,7,10H2,1-2H3. The van der Waals surface area contributed by atoms with Crippen LogP contribution in [0.4, 0.5) is 0 Å². The van der Waals surface area contributed by atoms with E-state index in [0.29, 0.717) is 18.2 Å². The molecule has 0 aliphatic heterocycles. The fraction of sp³-hybridized carbons (Fsp3) is 0.500. The van der Waals surface area contributed by atoms with Gasteiger partial charge in [0.2, 0.25) is 0 Å². The van der Waals surface area contributed by atoms with Crippen LogP contribution in [-0.2, 0) is 6.54 Å². The van der Waals surface area contributed by atoms with E-state index in [-0.39, 0.29) is 6.61 Å². The molecule has 18 heavy (non-hydrogen) atoms. The lowest BCUT2D eigenvalue weighted by Gasteiger charge is -2.15. The quantitative estimate of drug-likeness (QED) is 0.772. The van der Waals surface area contributed by atoms with Crippen LogP contribution in [0.15, 0.2) is 18.2 Å². The van der Waals surface area contributed by atoms with Crippen molar-refractivity contribution in [1.29, 1.82) is 5.26 Å². The van der Waals surface area contributed by atoms with Crippen LogP contribution in [0.1, 0.15) is 30.9 Å². The largest absolute Gasteiger partial charge is 0.496 e. The Hall–Kier alpha value is -1.57. The molecule has 98 valence electrons. The van der Waals surface area contributed by atoms with E-state index < -0.39 is 0 Å². The van der Waals surface area contributed by atoms with Gasteiger partial charge in [-0.3, -0.25) is 0 Å². The van der Waals surface area contributed by atoms with Crippen LogP contribution in [0.25, 0.3) is 0 Å². The number of benzene rings is 1. The Morgan fingerprint density at radius 1 is 1.50 bits per heavy atom. The van der Waals surface area contributed by atoms with E-state index >= 15 is 0 Å². The number of nitriles is 1. The van der Waals surface area contributed by atoms with Crippen molar-refractivity contribution in [1.82, 2.24) is 5.32 Å². The van der Waals surface area contributed by atoms with Gasteiger partial charge in [-0.1, -0.05) is 0 Å². The highest BCUT2D eigenvalue weighted by atomic mass is 16.5. The summed E-state index contributed by atoms with van der Waals surface area (Å²) in [5, 5.41) is 21.0. The third-order valence-electron chi connectivity index (χ3n) is 2.85. The molecule has 0 radical (unpaired) electrons. The topological polar surface area (TPSA) is 65.3 Å². The molecule has 0 bridgehead atoms. The van der Waals surface area contributed by atoms with E-state index in [1.165, 1.54) is 0 Å². The van der Waals surface area contributed by atoms with Crippen LogP contribution in [0.2, 0.25) is 0 Å². The molecular formula is C14H20N2O2. The van der Waals surface area contributed by atoms with Gasteiger partial charge in [-0.05, 0) is 38.0 Å². The first-order valence-corrected chi connectivity index (χ1v) is 6.12. The molecule has 0 fully saturated rings. The van der Waals surface area contributed by atoms with Crippen LogP contribution >= 0.6 is 0 Å². The number of ether oxygens (including phenoxy) is 1. The Kier molecular flexibility index (Phi) is 6.20. The SMILES string of the molecule is COc1ccc(C#N)cc1CNC(C)CCCO. The van der Waals surface area contributed by atoms with Gasteiger partial charge in [0.15, 0.2) is 0 Å². The van der Waals surface area contributed by atoms with Gasteiger partial charge >= 0.3 is 0 Å². The molecule has 0 heterocycles. The molecule has 1 rings (SSSR count). The zero-order valence-electron chi connectivity index (χ0n) is 10.9. The lowest BCUT2D eigenvalue weighted by atomic mass is 10.1. The predicted molar refractivity (Wildman–Crippen MR) is 70.3 cm³/mol. The summed E-state index contributed by atoms with van der Waals surface area (Å²) in [4.78, 5) is 0. The number of aliphatic hydroxyl groups excluding tert-OH is 1. The van der Waals surface area contributed by atoms with E-state index in [4.69, 9.17) is 15.1 Å². The third-order valence-corrected chi connectivity index (χ3v) is 2.85. The molecule has 4 heteroatoms. The van der Waals surface area contributed by atoms with E-state index in [2.05, 4.69) is 18.3 Å². The van der Waals surface area contributed by atoms with Crippen LogP contribution in [0.3, 0.4) is 0 Å². The predicted octanol–water partition coefficient (Wildman–Crippen LogP) is 1.82. The molecular weight excluding hydrogens is 228 g/mol. The second-order valence-corrected chi connectivity index (χ2v) is 4.29. The highest BCUT2D eigenvalue weighted by Gasteiger charge is 2.06. The average Bonchev–Trinajstić information content (AvgIpc) is 2.42. The summed E-state index contributed by atoms with van der Waals surface area (Å²) < 4.78 is 5.27. The Balaban J connectivity index is 2.62. The summed E-state index contributed by atoms with van der Waals surface area (Å²) in [5.74, 6) is 0.788. The maximum atomic E-state index is 8.88. The fourth-order valence-corrected chi connectivity index (χ4v) is 1.77. The molecule has 1 aromatic carbocycles. The van der Waals surface area contributed by atoms with Gasteiger partial charge in [0.25, 0.3) is 0 Å². The second kappa shape index (κ2) is 7.70. The van der Waals surface area contributed by atoms with E-state index in [1.807, 2.05) is 12.1 Å². The van der Waals surface area contributed by atoms with Crippen molar-refractivity contribution in [2.24, 2.45) is 0 Å². The van der Waals surface area contributed by atoms with Gasteiger partial charge in [0, 0.05) is 24.8 Å². The highest BCUT2D eigenvalue weighted by Crippen LogP contribution is 2.19. The first-order chi connectivity index (χ1) is 8.71. The zero-order chi connectivity index (χ0) is 13.4. The van der Waals surface area contributed by atoms with Gasteiger partial charge < -0.3 is 15.2 Å². The van der Waals surface area contributed by atoms with Crippen molar-refractivity contribution in [3.63, 3.8) is 0 Å². The normalized spacial score (nSPS) is 11.9. The maximum absolute atomic E-state index is 8.88. The number of aliphatic hydroxyl groups is 1. The molecule has 4 nitrogen and oxygen atoms in total. The molecule has 1 unspecified atom stereocenters.